The molecule has 5 nitrogen and oxygen atoms in total. The predicted octanol–water partition coefficient (Wildman–Crippen LogP) is -0.214. The van der Waals surface area contributed by atoms with Gasteiger partial charge in [-0.25, -0.2) is 4.89 Å². The smallest absolute Gasteiger partial charge is 0.243 e. The highest BCUT2D eigenvalue weighted by molar-refractivity contribution is 14.1. The first-order valence-electron chi connectivity index (χ1n) is 2.53. The average Bonchev–Trinajstić information content (AvgIpc) is 1.87. The molecule has 10 heavy (non-hydrogen) atoms. The van der Waals surface area contributed by atoms with E-state index in [9.17, 15) is 4.79 Å². The van der Waals surface area contributed by atoms with Gasteiger partial charge in [0, 0.05) is 0 Å². The van der Waals surface area contributed by atoms with Crippen LogP contribution in [-0.4, -0.2) is 25.7 Å². The first-order valence-corrected chi connectivity index (χ1v) is 3.41. The fraction of sp³-hybridized carbons (Fsp3) is 0.750. The molecule has 2 N–H and O–H groups in total. The standard InChI is InChI=1S/C4H8INO4/c5-10-9-2-1-8-3-4(6)7/h1-3H2,(H2,6,7). The average molecular weight is 261 g/mol. The molecule has 0 saturated carbocycles. The van der Waals surface area contributed by atoms with Crippen LogP contribution < -0.4 is 5.73 Å². The minimum absolute atomic E-state index is 0.0788. The Balaban J connectivity index is 2.84. The summed E-state index contributed by atoms with van der Waals surface area (Å²) in [4.78, 5) is 14.5. The van der Waals surface area contributed by atoms with Crippen LogP contribution in [0.4, 0.5) is 0 Å². The van der Waals surface area contributed by atoms with E-state index in [1.54, 1.807) is 23.0 Å². The minimum atomic E-state index is -0.490. The first kappa shape index (κ1) is 10.1. The Bertz CT molecular complexity index is 99.3. The van der Waals surface area contributed by atoms with Crippen molar-refractivity contribution in [3.05, 3.63) is 0 Å². The topological polar surface area (TPSA) is 70.8 Å². The number of carbonyl (C=O) groups excluding carboxylic acids is 1. The van der Waals surface area contributed by atoms with Crippen LogP contribution in [0.1, 0.15) is 0 Å². The maximum Gasteiger partial charge on any atom is 0.243 e. The van der Waals surface area contributed by atoms with Gasteiger partial charge in [0.1, 0.15) is 13.2 Å². The molecule has 0 saturated heterocycles. The molecular formula is C4H8INO4. The van der Waals surface area contributed by atoms with Gasteiger partial charge in [-0.05, 0) is 0 Å². The molecule has 0 atom stereocenters. The molecule has 0 fully saturated rings. The van der Waals surface area contributed by atoms with Gasteiger partial charge in [-0.2, -0.15) is 3.22 Å². The van der Waals surface area contributed by atoms with Crippen molar-refractivity contribution in [2.24, 2.45) is 5.73 Å². The molecule has 0 unspecified atom stereocenters. The molecule has 0 rings (SSSR count). The molecule has 1 amide bonds. The molecule has 0 bridgehead atoms. The molecule has 60 valence electrons. The molecule has 6 heteroatoms. The third-order valence-corrected chi connectivity index (χ3v) is 0.854. The van der Waals surface area contributed by atoms with Crippen molar-refractivity contribution in [2.45, 2.75) is 0 Å². The zero-order chi connectivity index (χ0) is 7.82. The summed E-state index contributed by atoms with van der Waals surface area (Å²) in [5.41, 5.74) is 4.77. The lowest BCUT2D eigenvalue weighted by Gasteiger charge is -1.98. The Morgan fingerprint density at radius 3 is 2.70 bits per heavy atom. The lowest BCUT2D eigenvalue weighted by molar-refractivity contribution is -0.177. The van der Waals surface area contributed by atoms with Gasteiger partial charge < -0.3 is 10.5 Å². The Hall–Kier alpha value is 0.0800. The molecule has 0 aliphatic rings. The number of ether oxygens (including phenoxy) is 1. The molecule has 0 aliphatic carbocycles. The van der Waals surface area contributed by atoms with Gasteiger partial charge in [0.2, 0.25) is 5.91 Å². The maximum atomic E-state index is 10.1. The van der Waals surface area contributed by atoms with Gasteiger partial charge in [-0.3, -0.25) is 4.79 Å². The third-order valence-electron chi connectivity index (χ3n) is 0.600. The highest BCUT2D eigenvalue weighted by atomic mass is 127. The third kappa shape index (κ3) is 8.08. The summed E-state index contributed by atoms with van der Waals surface area (Å²) in [6.07, 6.45) is 0. The van der Waals surface area contributed by atoms with E-state index in [-0.39, 0.29) is 13.2 Å². The van der Waals surface area contributed by atoms with Crippen LogP contribution in [0.25, 0.3) is 0 Å². The van der Waals surface area contributed by atoms with Crippen LogP contribution in [-0.2, 0) is 17.6 Å². The van der Waals surface area contributed by atoms with E-state index < -0.39 is 5.91 Å². The van der Waals surface area contributed by atoms with Crippen molar-refractivity contribution in [3.8, 4) is 0 Å². The molecule has 0 aromatic heterocycles. The summed E-state index contributed by atoms with van der Waals surface area (Å²) in [6, 6.07) is 0. The second-order valence-electron chi connectivity index (χ2n) is 1.40. The predicted molar refractivity (Wildman–Crippen MR) is 41.1 cm³/mol. The summed E-state index contributed by atoms with van der Waals surface area (Å²) < 4.78 is 8.94. The summed E-state index contributed by atoms with van der Waals surface area (Å²) in [6.45, 7) is 0.507. The highest BCUT2D eigenvalue weighted by Crippen LogP contribution is 1.86. The Kier molecular flexibility index (Phi) is 7.25. The summed E-state index contributed by atoms with van der Waals surface area (Å²) in [5, 5.41) is 0. The molecule has 0 aromatic carbocycles. The van der Waals surface area contributed by atoms with Crippen LogP contribution >= 0.6 is 23.0 Å². The van der Waals surface area contributed by atoms with Gasteiger partial charge in [0.15, 0.2) is 23.0 Å². The van der Waals surface area contributed by atoms with Crippen molar-refractivity contribution in [1.82, 2.24) is 0 Å². The number of primary amides is 1. The number of halogens is 1. The second kappa shape index (κ2) is 7.19. The van der Waals surface area contributed by atoms with Gasteiger partial charge in [0.25, 0.3) is 0 Å². The van der Waals surface area contributed by atoms with Crippen LogP contribution in [0.5, 0.6) is 0 Å². The number of nitrogens with two attached hydrogens (primary N) is 1. The Morgan fingerprint density at radius 2 is 2.20 bits per heavy atom. The highest BCUT2D eigenvalue weighted by Gasteiger charge is 1.92. The van der Waals surface area contributed by atoms with Gasteiger partial charge in [-0.1, -0.05) is 0 Å². The largest absolute Gasteiger partial charge is 0.369 e. The quantitative estimate of drug-likeness (QED) is 0.311. The first-order chi connectivity index (χ1) is 4.77. The molecule has 0 radical (unpaired) electrons. The molecule has 0 aliphatic heterocycles. The van der Waals surface area contributed by atoms with E-state index in [1.165, 1.54) is 0 Å². The van der Waals surface area contributed by atoms with E-state index in [2.05, 4.69) is 8.10 Å². The van der Waals surface area contributed by atoms with Crippen molar-refractivity contribution in [3.63, 3.8) is 0 Å². The van der Waals surface area contributed by atoms with E-state index >= 15 is 0 Å². The van der Waals surface area contributed by atoms with Crippen molar-refractivity contribution >= 4 is 28.9 Å². The summed E-state index contributed by atoms with van der Waals surface area (Å²) in [7, 11) is 0. The Morgan fingerprint density at radius 1 is 1.50 bits per heavy atom. The minimum Gasteiger partial charge on any atom is -0.369 e. The zero-order valence-corrected chi connectivity index (χ0v) is 7.37. The van der Waals surface area contributed by atoms with E-state index in [4.69, 9.17) is 10.5 Å². The monoisotopic (exact) mass is 261 g/mol. The van der Waals surface area contributed by atoms with Crippen LogP contribution in [0.15, 0.2) is 0 Å². The Labute approximate surface area is 72.4 Å². The lowest BCUT2D eigenvalue weighted by Crippen LogP contribution is -2.19. The van der Waals surface area contributed by atoms with Crippen LogP contribution in [0, 0.1) is 0 Å². The SMILES string of the molecule is NC(=O)COCCOOI. The fourth-order valence-electron chi connectivity index (χ4n) is 0.297. The summed E-state index contributed by atoms with van der Waals surface area (Å²) in [5.74, 6) is -0.490. The zero-order valence-electron chi connectivity index (χ0n) is 5.21. The van der Waals surface area contributed by atoms with Gasteiger partial charge in [0.05, 0.1) is 6.61 Å². The van der Waals surface area contributed by atoms with Crippen LogP contribution in [0.3, 0.4) is 0 Å². The summed E-state index contributed by atoms with van der Waals surface area (Å²) >= 11 is 1.58. The number of hydrogen-bond donors (Lipinski definition) is 1. The number of amides is 1. The van der Waals surface area contributed by atoms with E-state index in [1.807, 2.05) is 0 Å². The van der Waals surface area contributed by atoms with Gasteiger partial charge >= 0.3 is 0 Å². The lowest BCUT2D eigenvalue weighted by atomic mass is 10.7. The van der Waals surface area contributed by atoms with Crippen molar-refractivity contribution in [1.29, 1.82) is 0 Å². The van der Waals surface area contributed by atoms with Crippen LogP contribution in [0.2, 0.25) is 0 Å². The molecular weight excluding hydrogens is 253 g/mol. The molecule has 0 spiro atoms. The number of rotatable bonds is 6. The normalized spacial score (nSPS) is 9.70. The number of carbonyl (C=O) groups is 1. The van der Waals surface area contributed by atoms with E-state index in [0.717, 1.165) is 0 Å². The fourth-order valence-corrected chi connectivity index (χ4v) is 0.477. The van der Waals surface area contributed by atoms with E-state index in [0.29, 0.717) is 6.61 Å². The number of hydrogen-bond acceptors (Lipinski definition) is 4. The maximum absolute atomic E-state index is 10.1. The van der Waals surface area contributed by atoms with Gasteiger partial charge in [-0.15, -0.1) is 0 Å². The second-order valence-corrected chi connectivity index (χ2v) is 1.76. The van der Waals surface area contributed by atoms with Crippen molar-refractivity contribution < 1.29 is 17.6 Å². The molecule has 0 aromatic rings. The van der Waals surface area contributed by atoms with Crippen molar-refractivity contribution in [2.75, 3.05) is 19.8 Å². The molecule has 0 heterocycles.